The first kappa shape index (κ1) is 22.6. The van der Waals surface area contributed by atoms with Crippen molar-refractivity contribution in [3.8, 4) is 17.4 Å². The van der Waals surface area contributed by atoms with Gasteiger partial charge in [-0.25, -0.2) is 14.2 Å². The van der Waals surface area contributed by atoms with E-state index in [0.717, 1.165) is 16.7 Å². The second kappa shape index (κ2) is 9.80. The summed E-state index contributed by atoms with van der Waals surface area (Å²) >= 11 is 0. The highest BCUT2D eigenvalue weighted by Crippen LogP contribution is 2.25. The maximum atomic E-state index is 13.9. The highest BCUT2D eigenvalue weighted by molar-refractivity contribution is 5.81. The number of hydrogen-bond acceptors (Lipinski definition) is 6. The summed E-state index contributed by atoms with van der Waals surface area (Å²) in [6.45, 7) is 1.38. The molecule has 0 atom stereocenters. The molecule has 0 aliphatic heterocycles. The molecular formula is C22H18F2N4O4. The minimum Gasteiger partial charge on any atom is -0.455 e. The predicted octanol–water partition coefficient (Wildman–Crippen LogP) is 2.86. The molecule has 0 bridgehead atoms. The number of rotatable bonds is 7. The van der Waals surface area contributed by atoms with Crippen molar-refractivity contribution in [2.45, 2.75) is 20.1 Å². The van der Waals surface area contributed by atoms with Crippen molar-refractivity contribution < 1.29 is 22.7 Å². The van der Waals surface area contributed by atoms with Crippen LogP contribution in [0.25, 0.3) is 11.3 Å². The third kappa shape index (κ3) is 4.96. The van der Waals surface area contributed by atoms with Crippen LogP contribution in [0, 0.1) is 29.9 Å². The van der Waals surface area contributed by atoms with Crippen LogP contribution in [-0.2, 0) is 22.7 Å². The fourth-order valence-electron chi connectivity index (χ4n) is 3.02. The average Bonchev–Trinajstić information content (AvgIpc) is 3.20. The number of nitrogens with zero attached hydrogens (tertiary/aromatic N) is 3. The number of aryl methyl sites for hydroxylation is 1. The Bertz CT molecular complexity index is 1290. The first-order valence-electron chi connectivity index (χ1n) is 9.33. The van der Waals surface area contributed by atoms with Crippen molar-refractivity contribution >= 4 is 12.1 Å². The van der Waals surface area contributed by atoms with E-state index >= 15 is 0 Å². The summed E-state index contributed by atoms with van der Waals surface area (Å²) in [7, 11) is 1.45. The number of hydrogen-bond donors (Lipinski definition) is 1. The molecule has 3 rings (SSSR count). The Labute approximate surface area is 181 Å². The van der Waals surface area contributed by atoms with Gasteiger partial charge in [0.25, 0.3) is 11.5 Å². The van der Waals surface area contributed by atoms with E-state index in [1.165, 1.54) is 31.5 Å². The molecule has 0 saturated carbocycles. The summed E-state index contributed by atoms with van der Waals surface area (Å²) in [4.78, 5) is 24.7. The number of amides is 1. The van der Waals surface area contributed by atoms with Crippen LogP contribution < -0.4 is 11.0 Å². The molecule has 0 aliphatic carbocycles. The van der Waals surface area contributed by atoms with Gasteiger partial charge in [0.15, 0.2) is 0 Å². The Balaban J connectivity index is 1.69. The molecule has 1 aromatic carbocycles. The van der Waals surface area contributed by atoms with Gasteiger partial charge in [-0.05, 0) is 37.3 Å². The Morgan fingerprint density at radius 1 is 1.31 bits per heavy atom. The van der Waals surface area contributed by atoms with Gasteiger partial charge in [0, 0.05) is 24.4 Å². The number of benzene rings is 1. The number of methoxy groups -OCH3 is 1. The highest BCUT2D eigenvalue weighted by Gasteiger charge is 2.15. The van der Waals surface area contributed by atoms with E-state index in [-0.39, 0.29) is 35.8 Å². The van der Waals surface area contributed by atoms with Gasteiger partial charge in [0.2, 0.25) is 0 Å². The monoisotopic (exact) mass is 440 g/mol. The summed E-state index contributed by atoms with van der Waals surface area (Å²) in [6.07, 6.45) is 1.20. The van der Waals surface area contributed by atoms with Crippen LogP contribution in [0.3, 0.4) is 0 Å². The van der Waals surface area contributed by atoms with Crippen molar-refractivity contribution in [3.63, 3.8) is 0 Å². The van der Waals surface area contributed by atoms with E-state index in [1.807, 2.05) is 6.07 Å². The van der Waals surface area contributed by atoms with Crippen LogP contribution in [0.5, 0.6) is 0 Å². The van der Waals surface area contributed by atoms with Crippen molar-refractivity contribution in [1.29, 1.82) is 5.26 Å². The van der Waals surface area contributed by atoms with Crippen molar-refractivity contribution in [2.24, 2.45) is 5.10 Å². The summed E-state index contributed by atoms with van der Waals surface area (Å²) < 4.78 is 38.5. The van der Waals surface area contributed by atoms with Gasteiger partial charge in [-0.15, -0.1) is 0 Å². The molecule has 2 aromatic heterocycles. The van der Waals surface area contributed by atoms with Crippen LogP contribution in [0.2, 0.25) is 0 Å². The fourth-order valence-corrected chi connectivity index (χ4v) is 3.02. The summed E-state index contributed by atoms with van der Waals surface area (Å²) in [5, 5.41) is 13.0. The van der Waals surface area contributed by atoms with Gasteiger partial charge in [0.05, 0.1) is 18.4 Å². The molecule has 0 unspecified atom stereocenters. The van der Waals surface area contributed by atoms with E-state index in [9.17, 15) is 23.6 Å². The lowest BCUT2D eigenvalue weighted by Gasteiger charge is -2.12. The lowest BCUT2D eigenvalue weighted by Crippen LogP contribution is -2.33. The van der Waals surface area contributed by atoms with Crippen molar-refractivity contribution in [2.75, 3.05) is 7.11 Å². The molecule has 10 heteroatoms. The lowest BCUT2D eigenvalue weighted by molar-refractivity contribution is -0.121. The zero-order chi connectivity index (χ0) is 23.3. The molecule has 0 spiro atoms. The molecule has 32 heavy (non-hydrogen) atoms. The third-order valence-corrected chi connectivity index (χ3v) is 4.51. The predicted molar refractivity (Wildman–Crippen MR) is 111 cm³/mol. The standard InChI is InChI=1S/C22H18F2N4O4/c1-13-7-14(12-31-2)18(9-25)22(30)28(13)11-21(29)27-26-10-16-4-6-20(32-16)17-5-3-15(23)8-19(17)24/h3-8,10H,11-12H2,1-2H3,(H,27,29)/b26-10-. The molecule has 0 fully saturated rings. The van der Waals surface area contributed by atoms with Crippen molar-refractivity contribution in [1.82, 2.24) is 9.99 Å². The highest BCUT2D eigenvalue weighted by atomic mass is 19.1. The second-order valence-electron chi connectivity index (χ2n) is 6.74. The largest absolute Gasteiger partial charge is 0.455 e. The number of hydrazone groups is 1. The van der Waals surface area contributed by atoms with Gasteiger partial charge in [-0.1, -0.05) is 0 Å². The Hall–Kier alpha value is -4.10. The molecule has 2 heterocycles. The molecule has 8 nitrogen and oxygen atoms in total. The number of carbonyl (C=O) groups is 1. The number of carbonyl (C=O) groups excluding carboxylic acids is 1. The molecule has 1 amide bonds. The lowest BCUT2D eigenvalue weighted by atomic mass is 10.1. The number of nitriles is 1. The van der Waals surface area contributed by atoms with Crippen LogP contribution in [0.15, 0.2) is 50.7 Å². The van der Waals surface area contributed by atoms with E-state index < -0.39 is 23.1 Å². The van der Waals surface area contributed by atoms with Crippen molar-refractivity contribution in [3.05, 3.63) is 81.0 Å². The molecule has 0 saturated heterocycles. The number of nitrogens with one attached hydrogen (secondary N) is 1. The Morgan fingerprint density at radius 3 is 2.78 bits per heavy atom. The number of ether oxygens (including phenoxy) is 1. The molecular weight excluding hydrogens is 422 g/mol. The quantitative estimate of drug-likeness (QED) is 0.449. The van der Waals surface area contributed by atoms with E-state index in [0.29, 0.717) is 11.3 Å². The van der Waals surface area contributed by atoms with Gasteiger partial charge in [-0.2, -0.15) is 10.4 Å². The van der Waals surface area contributed by atoms with Gasteiger partial charge in [-0.3, -0.25) is 9.59 Å². The van der Waals surface area contributed by atoms with Gasteiger partial charge in [0.1, 0.15) is 41.3 Å². The molecule has 1 N–H and O–H groups in total. The van der Waals surface area contributed by atoms with Crippen LogP contribution in [0.1, 0.15) is 22.6 Å². The summed E-state index contributed by atoms with van der Waals surface area (Å²) in [5.41, 5.74) is 2.57. The Morgan fingerprint density at radius 2 is 2.09 bits per heavy atom. The maximum Gasteiger partial charge on any atom is 0.269 e. The van der Waals surface area contributed by atoms with Crippen LogP contribution in [-0.4, -0.2) is 23.8 Å². The molecule has 3 aromatic rings. The topological polar surface area (TPSA) is 110 Å². The SMILES string of the molecule is COCc1cc(C)n(CC(=O)N/N=C\c2ccc(-c3ccc(F)cc3F)o2)c(=O)c1C#N. The number of furan rings is 1. The maximum absolute atomic E-state index is 13.9. The van der Waals surface area contributed by atoms with E-state index in [2.05, 4.69) is 10.5 Å². The third-order valence-electron chi connectivity index (χ3n) is 4.51. The summed E-state index contributed by atoms with van der Waals surface area (Å²) in [5.74, 6) is -1.70. The smallest absolute Gasteiger partial charge is 0.269 e. The number of pyridine rings is 1. The van der Waals surface area contributed by atoms with E-state index in [4.69, 9.17) is 9.15 Å². The number of aromatic nitrogens is 1. The molecule has 0 aliphatic rings. The molecule has 0 radical (unpaired) electrons. The first-order valence-corrected chi connectivity index (χ1v) is 9.33. The Kier molecular flexibility index (Phi) is 6.92. The van der Waals surface area contributed by atoms with E-state index in [1.54, 1.807) is 13.0 Å². The zero-order valence-electron chi connectivity index (χ0n) is 17.2. The molecule has 164 valence electrons. The minimum absolute atomic E-state index is 0.0788. The summed E-state index contributed by atoms with van der Waals surface area (Å²) in [6, 6.07) is 9.53. The van der Waals surface area contributed by atoms with Crippen LogP contribution in [0.4, 0.5) is 8.78 Å². The minimum atomic E-state index is -0.773. The van der Waals surface area contributed by atoms with Gasteiger partial charge < -0.3 is 13.7 Å². The number of halogens is 2. The van der Waals surface area contributed by atoms with Gasteiger partial charge >= 0.3 is 0 Å². The fraction of sp³-hybridized carbons (Fsp3) is 0.182. The zero-order valence-corrected chi connectivity index (χ0v) is 17.2. The first-order chi connectivity index (χ1) is 15.3. The van der Waals surface area contributed by atoms with Crippen LogP contribution >= 0.6 is 0 Å². The normalized spacial score (nSPS) is 11.0. The average molecular weight is 440 g/mol. The second-order valence-corrected chi connectivity index (χ2v) is 6.74.